The van der Waals surface area contributed by atoms with Gasteiger partial charge in [-0.2, -0.15) is 0 Å². The highest BCUT2D eigenvalue weighted by molar-refractivity contribution is 7.99. The largest absolute Gasteiger partial charge is 0.391 e. The maximum atomic E-state index is 14.0. The number of hydrogen-bond donors (Lipinski definition) is 0. The number of carbonyl (C=O) groups is 2. The Kier molecular flexibility index (Phi) is 9.67. The van der Waals surface area contributed by atoms with E-state index in [1.54, 1.807) is 11.8 Å². The minimum absolute atomic E-state index is 0.0206. The van der Waals surface area contributed by atoms with E-state index in [-0.39, 0.29) is 18.2 Å². The molecule has 6 aromatic rings. The van der Waals surface area contributed by atoms with Crippen molar-refractivity contribution < 1.29 is 14.4 Å². The molecule has 5 aromatic carbocycles. The molecule has 0 fully saturated rings. The van der Waals surface area contributed by atoms with E-state index in [1.165, 1.54) is 0 Å². The maximum absolute atomic E-state index is 14.0. The van der Waals surface area contributed by atoms with Crippen molar-refractivity contribution in [1.82, 2.24) is 4.57 Å². The number of Topliss-reactive ketones (excluding diaryl/α,β-unsaturated/α-hetero) is 1. The number of nitrogens with zero attached hydrogens (tertiary/aromatic N) is 2. The van der Waals surface area contributed by atoms with E-state index in [2.05, 4.69) is 16.6 Å². The third-order valence-electron chi connectivity index (χ3n) is 8.03. The van der Waals surface area contributed by atoms with Crippen LogP contribution in [0.15, 0.2) is 125 Å². The van der Waals surface area contributed by atoms with Gasteiger partial charge in [-0.15, -0.1) is 11.8 Å². The summed E-state index contributed by atoms with van der Waals surface area (Å²) >= 11 is 7.68. The van der Waals surface area contributed by atoms with Crippen molar-refractivity contribution in [3.8, 4) is 0 Å². The minimum atomic E-state index is -0.184. The predicted octanol–water partition coefficient (Wildman–Crippen LogP) is 9.95. The molecule has 0 saturated heterocycles. The van der Waals surface area contributed by atoms with Crippen molar-refractivity contribution >= 4 is 62.4 Å². The van der Waals surface area contributed by atoms with Gasteiger partial charge < -0.3 is 9.40 Å². The van der Waals surface area contributed by atoms with E-state index in [0.29, 0.717) is 39.6 Å². The van der Waals surface area contributed by atoms with Gasteiger partial charge in [-0.3, -0.25) is 9.59 Å². The Morgan fingerprint density at radius 3 is 2.15 bits per heavy atom. The number of fused-ring (bicyclic) bond motifs is 3. The number of aromatic nitrogens is 1. The lowest BCUT2D eigenvalue weighted by Gasteiger charge is -2.08. The van der Waals surface area contributed by atoms with Crippen LogP contribution < -0.4 is 0 Å². The van der Waals surface area contributed by atoms with Crippen LogP contribution in [-0.4, -0.2) is 27.6 Å². The lowest BCUT2D eigenvalue weighted by atomic mass is 9.97. The fourth-order valence-electron chi connectivity index (χ4n) is 5.63. The van der Waals surface area contributed by atoms with E-state index < -0.39 is 0 Å². The highest BCUT2D eigenvalue weighted by atomic mass is 35.5. The average Bonchev–Trinajstić information content (AvgIpc) is 3.40. The SMILES string of the molecule is CCn1c2ccc(C(=O)/C(CCSc3ccc(Cl)cc3)=N/OCc3ccccc3)cc2c2cc(C(=O)c3ccccc3C)ccc21. The highest BCUT2D eigenvalue weighted by Gasteiger charge is 2.20. The van der Waals surface area contributed by atoms with Gasteiger partial charge in [0.1, 0.15) is 12.3 Å². The van der Waals surface area contributed by atoms with Gasteiger partial charge in [0.25, 0.3) is 0 Å². The zero-order chi connectivity index (χ0) is 32.0. The molecular formula is C39H33ClN2O3S. The van der Waals surface area contributed by atoms with Crippen molar-refractivity contribution in [2.24, 2.45) is 5.16 Å². The fraction of sp³-hybridized carbons (Fsp3) is 0.154. The molecule has 6 rings (SSSR count). The van der Waals surface area contributed by atoms with Crippen molar-refractivity contribution in [2.75, 3.05) is 5.75 Å². The van der Waals surface area contributed by atoms with E-state index in [9.17, 15) is 9.59 Å². The first-order chi connectivity index (χ1) is 22.4. The molecule has 1 heterocycles. The molecule has 0 N–H and O–H groups in total. The van der Waals surface area contributed by atoms with Crippen LogP contribution in [0.2, 0.25) is 5.02 Å². The van der Waals surface area contributed by atoms with Gasteiger partial charge in [0.15, 0.2) is 5.78 Å². The molecule has 0 unspecified atom stereocenters. The maximum Gasteiger partial charge on any atom is 0.210 e. The average molecular weight is 645 g/mol. The van der Waals surface area contributed by atoms with Gasteiger partial charge in [-0.05, 0) is 85.6 Å². The van der Waals surface area contributed by atoms with Crippen molar-refractivity contribution in [3.05, 3.63) is 148 Å². The zero-order valence-electron chi connectivity index (χ0n) is 25.7. The second-order valence-electron chi connectivity index (χ2n) is 11.0. The molecule has 0 atom stereocenters. The number of aryl methyl sites for hydroxylation is 2. The number of ketones is 2. The van der Waals surface area contributed by atoms with Crippen LogP contribution in [0.1, 0.15) is 50.8 Å². The topological polar surface area (TPSA) is 60.7 Å². The number of carbonyl (C=O) groups excluding carboxylic acids is 2. The van der Waals surface area contributed by atoms with Crippen LogP contribution in [0.3, 0.4) is 0 Å². The third kappa shape index (κ3) is 6.79. The Hall–Kier alpha value is -4.65. The number of oxime groups is 1. The van der Waals surface area contributed by atoms with E-state index in [4.69, 9.17) is 16.4 Å². The van der Waals surface area contributed by atoms with E-state index in [1.807, 2.05) is 122 Å². The standard InChI is InChI=1S/C39H33ClN2O3S/c1-3-42-36-19-13-28(38(43)32-12-8-7-9-26(32)2)23-33(36)34-24-29(14-20-37(34)42)39(44)35(41-45-25-27-10-5-4-6-11-27)21-22-46-31-17-15-30(40)16-18-31/h4-20,23-24H,3,21-22,25H2,1-2H3/b41-35+. The number of thioether (sulfide) groups is 1. The molecule has 0 spiro atoms. The van der Waals surface area contributed by atoms with Crippen LogP contribution in [0.25, 0.3) is 21.8 Å². The van der Waals surface area contributed by atoms with Crippen LogP contribution in [0, 0.1) is 6.92 Å². The van der Waals surface area contributed by atoms with Crippen LogP contribution in [0.4, 0.5) is 0 Å². The zero-order valence-corrected chi connectivity index (χ0v) is 27.3. The monoisotopic (exact) mass is 644 g/mol. The van der Waals surface area contributed by atoms with E-state index in [0.717, 1.165) is 44.4 Å². The number of benzene rings is 5. The molecule has 5 nitrogen and oxygen atoms in total. The Balaban J connectivity index is 1.33. The summed E-state index contributed by atoms with van der Waals surface area (Å²) in [5, 5.41) is 6.90. The smallest absolute Gasteiger partial charge is 0.210 e. The molecule has 0 saturated carbocycles. The normalized spacial score (nSPS) is 11.7. The Bertz CT molecular complexity index is 2070. The fourth-order valence-corrected chi connectivity index (χ4v) is 6.62. The molecule has 0 amide bonds. The van der Waals surface area contributed by atoms with Gasteiger partial charge >= 0.3 is 0 Å². The lowest BCUT2D eigenvalue weighted by molar-refractivity contribution is 0.102. The third-order valence-corrected chi connectivity index (χ3v) is 9.29. The van der Waals surface area contributed by atoms with Crippen LogP contribution in [0.5, 0.6) is 0 Å². The Morgan fingerprint density at radius 2 is 1.46 bits per heavy atom. The molecular weight excluding hydrogens is 612 g/mol. The number of halogens is 1. The van der Waals surface area contributed by atoms with Crippen molar-refractivity contribution in [1.29, 1.82) is 0 Å². The first-order valence-electron chi connectivity index (χ1n) is 15.2. The molecule has 0 bridgehead atoms. The Labute approximate surface area is 277 Å². The summed E-state index contributed by atoms with van der Waals surface area (Å²) in [6, 6.07) is 36.6. The summed E-state index contributed by atoms with van der Waals surface area (Å²) in [5.74, 6) is 0.437. The molecule has 0 radical (unpaired) electrons. The molecule has 46 heavy (non-hydrogen) atoms. The number of rotatable bonds is 12. The molecule has 1 aromatic heterocycles. The summed E-state index contributed by atoms with van der Waals surface area (Å²) < 4.78 is 2.21. The van der Waals surface area contributed by atoms with Gasteiger partial charge in [-0.1, -0.05) is 71.4 Å². The number of hydrogen-bond acceptors (Lipinski definition) is 5. The van der Waals surface area contributed by atoms with Crippen LogP contribution >= 0.6 is 23.4 Å². The lowest BCUT2D eigenvalue weighted by Crippen LogP contribution is -2.16. The molecule has 7 heteroatoms. The summed E-state index contributed by atoms with van der Waals surface area (Å²) in [5.41, 5.74) is 6.11. The van der Waals surface area contributed by atoms with E-state index >= 15 is 0 Å². The molecule has 230 valence electrons. The second kappa shape index (κ2) is 14.2. The summed E-state index contributed by atoms with van der Waals surface area (Å²) in [7, 11) is 0. The predicted molar refractivity (Wildman–Crippen MR) is 190 cm³/mol. The van der Waals surface area contributed by atoms with Crippen molar-refractivity contribution in [2.45, 2.75) is 38.3 Å². The van der Waals surface area contributed by atoms with Crippen molar-refractivity contribution in [3.63, 3.8) is 0 Å². The second-order valence-corrected chi connectivity index (χ2v) is 12.6. The van der Waals surface area contributed by atoms with Gasteiger partial charge in [-0.25, -0.2) is 0 Å². The molecule has 0 aliphatic rings. The molecule has 0 aliphatic carbocycles. The molecule has 0 aliphatic heterocycles. The highest BCUT2D eigenvalue weighted by Crippen LogP contribution is 2.32. The summed E-state index contributed by atoms with van der Waals surface area (Å²) in [6.07, 6.45) is 0.421. The van der Waals surface area contributed by atoms with Gasteiger partial charge in [0.2, 0.25) is 5.78 Å². The van der Waals surface area contributed by atoms with Gasteiger partial charge in [0.05, 0.1) is 0 Å². The first kappa shape index (κ1) is 31.3. The quantitative estimate of drug-likeness (QED) is 0.0576. The summed E-state index contributed by atoms with van der Waals surface area (Å²) in [6.45, 7) is 5.06. The summed E-state index contributed by atoms with van der Waals surface area (Å²) in [4.78, 5) is 34.3. The first-order valence-corrected chi connectivity index (χ1v) is 16.6. The van der Waals surface area contributed by atoms with Crippen LogP contribution in [-0.2, 0) is 18.0 Å². The minimum Gasteiger partial charge on any atom is -0.391 e. The Morgan fingerprint density at radius 1 is 0.804 bits per heavy atom. The van der Waals surface area contributed by atoms with Gasteiger partial charge in [0, 0.05) is 67.1 Å².